The normalized spacial score (nSPS) is 10.6. The number of aryl methyl sites for hydroxylation is 1. The SMILES string of the molecule is CCC(=O)Nc1nc(-c2ccccc2)c(-c2nc(C)no2)s1. The van der Waals surface area contributed by atoms with E-state index in [1.54, 1.807) is 13.8 Å². The van der Waals surface area contributed by atoms with Gasteiger partial charge in [0.15, 0.2) is 11.0 Å². The molecule has 0 radical (unpaired) electrons. The maximum absolute atomic E-state index is 11.6. The molecule has 0 aliphatic carbocycles. The molecule has 0 atom stereocenters. The molecule has 0 aliphatic heterocycles. The first-order chi connectivity index (χ1) is 10.7. The minimum Gasteiger partial charge on any atom is -0.333 e. The number of carbonyl (C=O) groups excluding carboxylic acids is 1. The van der Waals surface area contributed by atoms with E-state index >= 15 is 0 Å². The number of benzene rings is 1. The maximum atomic E-state index is 11.6. The fourth-order valence-electron chi connectivity index (χ4n) is 1.91. The summed E-state index contributed by atoms with van der Waals surface area (Å²) >= 11 is 1.33. The number of carbonyl (C=O) groups is 1. The smallest absolute Gasteiger partial charge is 0.270 e. The van der Waals surface area contributed by atoms with Crippen molar-refractivity contribution in [2.45, 2.75) is 20.3 Å². The highest BCUT2D eigenvalue weighted by atomic mass is 32.1. The van der Waals surface area contributed by atoms with E-state index in [1.165, 1.54) is 11.3 Å². The van der Waals surface area contributed by atoms with Gasteiger partial charge in [-0.1, -0.05) is 53.7 Å². The van der Waals surface area contributed by atoms with E-state index in [9.17, 15) is 4.79 Å². The molecule has 112 valence electrons. The average Bonchev–Trinajstić information content (AvgIpc) is 3.14. The predicted molar refractivity (Wildman–Crippen MR) is 84.5 cm³/mol. The second-order valence-corrected chi connectivity index (χ2v) is 5.61. The number of aromatic nitrogens is 3. The third-order valence-electron chi connectivity index (χ3n) is 2.96. The molecule has 0 unspecified atom stereocenters. The lowest BCUT2D eigenvalue weighted by Crippen LogP contribution is -2.08. The number of hydrogen-bond acceptors (Lipinski definition) is 6. The Balaban J connectivity index is 2.08. The van der Waals surface area contributed by atoms with Gasteiger partial charge in [0.05, 0.1) is 5.69 Å². The van der Waals surface area contributed by atoms with Crippen LogP contribution in [0.4, 0.5) is 5.13 Å². The number of thiazole rings is 1. The first-order valence-corrected chi connectivity index (χ1v) is 7.65. The van der Waals surface area contributed by atoms with Crippen LogP contribution in [-0.4, -0.2) is 21.0 Å². The van der Waals surface area contributed by atoms with E-state index in [2.05, 4.69) is 20.4 Å². The van der Waals surface area contributed by atoms with Crippen molar-refractivity contribution in [3.8, 4) is 22.0 Å². The Morgan fingerprint density at radius 2 is 2.05 bits per heavy atom. The van der Waals surface area contributed by atoms with Crippen molar-refractivity contribution in [2.24, 2.45) is 0 Å². The van der Waals surface area contributed by atoms with Crippen molar-refractivity contribution in [1.29, 1.82) is 0 Å². The molecule has 1 aromatic carbocycles. The standard InChI is InChI=1S/C15H14N4O2S/c1-3-11(20)17-15-18-12(10-7-5-4-6-8-10)13(22-15)14-16-9(2)19-21-14/h4-8H,3H2,1-2H3,(H,17,18,20). The first-order valence-electron chi connectivity index (χ1n) is 6.84. The van der Waals surface area contributed by atoms with Crippen LogP contribution in [-0.2, 0) is 4.79 Å². The van der Waals surface area contributed by atoms with Crippen LogP contribution < -0.4 is 5.32 Å². The fraction of sp³-hybridized carbons (Fsp3) is 0.200. The monoisotopic (exact) mass is 314 g/mol. The highest BCUT2D eigenvalue weighted by Gasteiger charge is 2.20. The second kappa shape index (κ2) is 6.07. The summed E-state index contributed by atoms with van der Waals surface area (Å²) in [5, 5.41) is 7.12. The number of amides is 1. The van der Waals surface area contributed by atoms with Gasteiger partial charge < -0.3 is 9.84 Å². The number of nitrogens with one attached hydrogen (secondary N) is 1. The van der Waals surface area contributed by atoms with Crippen molar-refractivity contribution in [1.82, 2.24) is 15.1 Å². The van der Waals surface area contributed by atoms with Crippen LogP contribution in [0.3, 0.4) is 0 Å². The van der Waals surface area contributed by atoms with E-state index in [0.29, 0.717) is 23.3 Å². The number of anilines is 1. The first kappa shape index (κ1) is 14.4. The van der Waals surface area contributed by atoms with Crippen molar-refractivity contribution >= 4 is 22.4 Å². The van der Waals surface area contributed by atoms with Crippen molar-refractivity contribution in [3.63, 3.8) is 0 Å². The van der Waals surface area contributed by atoms with Crippen LogP contribution in [0.5, 0.6) is 0 Å². The quantitative estimate of drug-likeness (QED) is 0.797. The van der Waals surface area contributed by atoms with Crippen LogP contribution in [0.15, 0.2) is 34.9 Å². The lowest BCUT2D eigenvalue weighted by molar-refractivity contribution is -0.115. The molecule has 22 heavy (non-hydrogen) atoms. The molecular formula is C15H14N4O2S. The zero-order valence-corrected chi connectivity index (χ0v) is 13.0. The molecule has 2 heterocycles. The highest BCUT2D eigenvalue weighted by molar-refractivity contribution is 7.19. The van der Waals surface area contributed by atoms with Crippen molar-refractivity contribution in [3.05, 3.63) is 36.2 Å². The molecule has 0 saturated carbocycles. The van der Waals surface area contributed by atoms with Gasteiger partial charge in [-0.15, -0.1) is 0 Å². The third-order valence-corrected chi connectivity index (χ3v) is 3.92. The molecule has 0 bridgehead atoms. The molecule has 0 spiro atoms. The molecule has 6 nitrogen and oxygen atoms in total. The van der Waals surface area contributed by atoms with Gasteiger partial charge >= 0.3 is 0 Å². The van der Waals surface area contributed by atoms with Crippen molar-refractivity contribution in [2.75, 3.05) is 5.32 Å². The molecule has 1 N–H and O–H groups in total. The van der Waals surface area contributed by atoms with Gasteiger partial charge in [-0.2, -0.15) is 4.98 Å². The van der Waals surface area contributed by atoms with Crippen molar-refractivity contribution < 1.29 is 9.32 Å². The summed E-state index contributed by atoms with van der Waals surface area (Å²) in [7, 11) is 0. The number of rotatable bonds is 4. The summed E-state index contributed by atoms with van der Waals surface area (Å²) in [6, 6.07) is 9.70. The molecule has 0 fully saturated rings. The zero-order chi connectivity index (χ0) is 15.5. The second-order valence-electron chi connectivity index (χ2n) is 4.61. The summed E-state index contributed by atoms with van der Waals surface area (Å²) in [5.74, 6) is 0.883. The highest BCUT2D eigenvalue weighted by Crippen LogP contribution is 2.38. The number of nitrogens with zero attached hydrogens (tertiary/aromatic N) is 3. The Bertz CT molecular complexity index is 795. The zero-order valence-electron chi connectivity index (χ0n) is 12.2. The van der Waals surface area contributed by atoms with Gasteiger partial charge in [-0.25, -0.2) is 4.98 Å². The lowest BCUT2D eigenvalue weighted by atomic mass is 10.1. The molecule has 3 rings (SSSR count). The third kappa shape index (κ3) is 2.89. The summed E-state index contributed by atoms with van der Waals surface area (Å²) in [6.45, 7) is 3.55. The van der Waals surface area contributed by atoms with Gasteiger partial charge in [0, 0.05) is 12.0 Å². The Hall–Kier alpha value is -2.54. The van der Waals surface area contributed by atoms with Crippen LogP contribution in [0.2, 0.25) is 0 Å². The average molecular weight is 314 g/mol. The fourth-order valence-corrected chi connectivity index (χ4v) is 2.83. The van der Waals surface area contributed by atoms with Gasteiger partial charge in [-0.05, 0) is 6.92 Å². The van der Waals surface area contributed by atoms with Gasteiger partial charge in [0.25, 0.3) is 5.89 Å². The van der Waals surface area contributed by atoms with Gasteiger partial charge in [0.2, 0.25) is 5.91 Å². The van der Waals surface area contributed by atoms with E-state index < -0.39 is 0 Å². The number of hydrogen-bond donors (Lipinski definition) is 1. The maximum Gasteiger partial charge on any atom is 0.270 e. The van der Waals surface area contributed by atoms with Crippen LogP contribution in [0, 0.1) is 6.92 Å². The summed E-state index contributed by atoms with van der Waals surface area (Å²) in [4.78, 5) is 21.1. The minimum atomic E-state index is -0.0818. The summed E-state index contributed by atoms with van der Waals surface area (Å²) in [6.07, 6.45) is 0.398. The van der Waals surface area contributed by atoms with E-state index in [4.69, 9.17) is 4.52 Å². The molecule has 7 heteroatoms. The molecule has 2 aromatic heterocycles. The van der Waals surface area contributed by atoms with Gasteiger partial charge in [0.1, 0.15) is 4.88 Å². The largest absolute Gasteiger partial charge is 0.333 e. The lowest BCUT2D eigenvalue weighted by Gasteiger charge is -1.98. The van der Waals surface area contributed by atoms with E-state index in [0.717, 1.165) is 16.1 Å². The molecular weight excluding hydrogens is 300 g/mol. The van der Waals surface area contributed by atoms with Crippen LogP contribution in [0.25, 0.3) is 22.0 Å². The molecule has 0 saturated heterocycles. The Morgan fingerprint density at radius 1 is 1.27 bits per heavy atom. The Morgan fingerprint density at radius 3 is 2.68 bits per heavy atom. The summed E-state index contributed by atoms with van der Waals surface area (Å²) in [5.41, 5.74) is 1.65. The molecule has 3 aromatic rings. The topological polar surface area (TPSA) is 80.9 Å². The van der Waals surface area contributed by atoms with E-state index in [-0.39, 0.29) is 5.91 Å². The Labute approximate surface area is 131 Å². The van der Waals surface area contributed by atoms with Gasteiger partial charge in [-0.3, -0.25) is 4.79 Å². The Kier molecular flexibility index (Phi) is 3.97. The predicted octanol–water partition coefficient (Wildman–Crippen LogP) is 3.52. The minimum absolute atomic E-state index is 0.0818. The summed E-state index contributed by atoms with van der Waals surface area (Å²) < 4.78 is 5.25. The molecule has 0 aliphatic rings. The molecule has 1 amide bonds. The van der Waals surface area contributed by atoms with Crippen LogP contribution in [0.1, 0.15) is 19.2 Å². The van der Waals surface area contributed by atoms with Crippen LogP contribution >= 0.6 is 11.3 Å². The van der Waals surface area contributed by atoms with E-state index in [1.807, 2.05) is 30.3 Å².